The van der Waals surface area contributed by atoms with E-state index in [-0.39, 0.29) is 17.3 Å². The molecular weight excluding hydrogens is 291 g/mol. The average molecular weight is 300 g/mol. The van der Waals surface area contributed by atoms with Crippen LogP contribution < -0.4 is 10.2 Å². The van der Waals surface area contributed by atoms with E-state index in [0.29, 0.717) is 0 Å². The number of hydrogen-bond donors (Lipinski definition) is 1. The number of esters is 1. The summed E-state index contributed by atoms with van der Waals surface area (Å²) in [6.45, 7) is 0. The highest BCUT2D eigenvalue weighted by Gasteiger charge is 2.34. The minimum absolute atomic E-state index is 0.129. The molecule has 19 heavy (non-hydrogen) atoms. The number of pyridine rings is 1. The van der Waals surface area contributed by atoms with E-state index in [1.807, 2.05) is 0 Å². The van der Waals surface area contributed by atoms with Crippen LogP contribution in [-0.4, -0.2) is 24.4 Å². The molecule has 1 N–H and O–H groups in total. The number of carbonyl (C=O) groups excluding carboxylic acids is 1. The van der Waals surface area contributed by atoms with Crippen molar-refractivity contribution < 1.29 is 27.4 Å². The van der Waals surface area contributed by atoms with E-state index in [1.165, 1.54) is 0 Å². The van der Waals surface area contributed by atoms with Crippen LogP contribution in [0.1, 0.15) is 11.4 Å². The van der Waals surface area contributed by atoms with Gasteiger partial charge in [0.2, 0.25) is 5.43 Å². The van der Waals surface area contributed by atoms with Crippen molar-refractivity contribution in [1.29, 1.82) is 0 Å². The molecule has 0 aliphatic rings. The number of rotatable bonds is 4. The first kappa shape index (κ1) is 15.4. The molecule has 0 amide bonds. The van der Waals surface area contributed by atoms with Crippen LogP contribution in [0, 0.1) is 0 Å². The summed E-state index contributed by atoms with van der Waals surface area (Å²) in [5.41, 5.74) is -1.20. The lowest BCUT2D eigenvalue weighted by molar-refractivity contribution is -0.275. The monoisotopic (exact) mass is 299 g/mol. The van der Waals surface area contributed by atoms with Gasteiger partial charge in [-0.15, -0.1) is 24.8 Å². The van der Waals surface area contributed by atoms with Gasteiger partial charge in [-0.1, -0.05) is 0 Å². The molecule has 106 valence electrons. The number of halogens is 4. The van der Waals surface area contributed by atoms with Crippen molar-refractivity contribution >= 4 is 17.6 Å². The van der Waals surface area contributed by atoms with Crippen molar-refractivity contribution in [3.63, 3.8) is 0 Å². The highest BCUT2D eigenvalue weighted by molar-refractivity contribution is 6.16. The summed E-state index contributed by atoms with van der Waals surface area (Å²) < 4.78 is 44.5. The molecule has 0 spiro atoms. The molecule has 0 aromatic carbocycles. The Labute approximate surface area is 110 Å². The van der Waals surface area contributed by atoms with Crippen LogP contribution in [0.3, 0.4) is 0 Å². The number of nitrogens with one attached hydrogen (secondary N) is 1. The van der Waals surface area contributed by atoms with Gasteiger partial charge < -0.3 is 14.5 Å². The molecule has 5 nitrogen and oxygen atoms in total. The van der Waals surface area contributed by atoms with E-state index in [2.05, 4.69) is 14.5 Å². The lowest BCUT2D eigenvalue weighted by atomic mass is 10.2. The number of methoxy groups -OCH3 is 1. The maximum atomic E-state index is 12.2. The predicted octanol–water partition coefficient (Wildman–Crippen LogP) is 1.73. The van der Waals surface area contributed by atoms with Gasteiger partial charge in [0.25, 0.3) is 0 Å². The van der Waals surface area contributed by atoms with Gasteiger partial charge in [-0.05, 0) is 0 Å². The third-order valence-corrected chi connectivity index (χ3v) is 2.31. The van der Waals surface area contributed by atoms with Crippen molar-refractivity contribution in [2.75, 3.05) is 7.11 Å². The normalized spacial score (nSPS) is 11.2. The van der Waals surface area contributed by atoms with E-state index in [1.54, 1.807) is 0 Å². The van der Waals surface area contributed by atoms with Crippen LogP contribution in [0.2, 0.25) is 0 Å². The largest absolute Gasteiger partial charge is 0.573 e. The summed E-state index contributed by atoms with van der Waals surface area (Å²) in [6, 6.07) is 0.870. The lowest BCUT2D eigenvalue weighted by Gasteiger charge is -2.13. The second-order valence-corrected chi connectivity index (χ2v) is 3.67. The Kier molecular flexibility index (Phi) is 4.82. The molecule has 0 atom stereocenters. The SMILES string of the molecule is COC(=O)Cc1[nH]c(CCl)cc(=O)c1OC(F)(F)F. The van der Waals surface area contributed by atoms with E-state index in [0.717, 1.165) is 13.2 Å². The van der Waals surface area contributed by atoms with Crippen LogP contribution in [0.5, 0.6) is 5.75 Å². The fourth-order valence-electron chi connectivity index (χ4n) is 1.30. The minimum Gasteiger partial charge on any atom is -0.469 e. The Hall–Kier alpha value is -1.70. The van der Waals surface area contributed by atoms with Crippen LogP contribution >= 0.6 is 11.6 Å². The minimum atomic E-state index is -5.04. The van der Waals surface area contributed by atoms with Gasteiger partial charge in [-0.25, -0.2) is 0 Å². The molecule has 0 unspecified atom stereocenters. The molecule has 0 aliphatic carbocycles. The summed E-state index contributed by atoms with van der Waals surface area (Å²) in [5.74, 6) is -1.95. The van der Waals surface area contributed by atoms with Gasteiger partial charge in [-0.3, -0.25) is 9.59 Å². The Morgan fingerprint density at radius 2 is 2.11 bits per heavy atom. The number of hydrogen-bond acceptors (Lipinski definition) is 4. The van der Waals surface area contributed by atoms with E-state index in [4.69, 9.17) is 11.6 Å². The van der Waals surface area contributed by atoms with Gasteiger partial charge in [0.1, 0.15) is 0 Å². The van der Waals surface area contributed by atoms with Crippen molar-refractivity contribution in [3.05, 3.63) is 27.7 Å². The molecule has 0 aliphatic heterocycles. The first-order valence-electron chi connectivity index (χ1n) is 4.90. The van der Waals surface area contributed by atoms with Crippen LogP contribution in [0.4, 0.5) is 13.2 Å². The number of H-pyrrole nitrogens is 1. The molecule has 1 aromatic heterocycles. The maximum Gasteiger partial charge on any atom is 0.573 e. The third kappa shape index (κ3) is 4.47. The fourth-order valence-corrected chi connectivity index (χ4v) is 1.44. The van der Waals surface area contributed by atoms with Crippen molar-refractivity contribution in [3.8, 4) is 5.75 Å². The number of alkyl halides is 4. The van der Waals surface area contributed by atoms with Crippen molar-refractivity contribution in [2.24, 2.45) is 0 Å². The molecule has 0 bridgehead atoms. The standard InChI is InChI=1S/C10H9ClF3NO4/c1-18-8(17)3-6-9(19-10(12,13)14)7(16)2-5(4-11)15-6/h2H,3-4H2,1H3,(H,15,16). The molecular formula is C10H9ClF3NO4. The molecule has 0 radical (unpaired) electrons. The lowest BCUT2D eigenvalue weighted by Crippen LogP contribution is -2.25. The molecule has 0 saturated heterocycles. The van der Waals surface area contributed by atoms with Gasteiger partial charge >= 0.3 is 12.3 Å². The molecule has 1 rings (SSSR count). The van der Waals surface area contributed by atoms with Gasteiger partial charge in [0, 0.05) is 11.8 Å². The maximum absolute atomic E-state index is 12.2. The third-order valence-electron chi connectivity index (χ3n) is 2.03. The number of aromatic amines is 1. The Balaban J connectivity index is 3.25. The van der Waals surface area contributed by atoms with Crippen molar-refractivity contribution in [1.82, 2.24) is 4.98 Å². The first-order chi connectivity index (χ1) is 8.76. The van der Waals surface area contributed by atoms with Gasteiger partial charge in [0.15, 0.2) is 5.75 Å². The van der Waals surface area contributed by atoms with Crippen LogP contribution in [0.15, 0.2) is 10.9 Å². The summed E-state index contributed by atoms with van der Waals surface area (Å²) in [6.07, 6.45) is -5.61. The van der Waals surface area contributed by atoms with E-state index in [9.17, 15) is 22.8 Å². The van der Waals surface area contributed by atoms with Crippen LogP contribution in [-0.2, 0) is 21.8 Å². The zero-order chi connectivity index (χ0) is 14.6. The zero-order valence-electron chi connectivity index (χ0n) is 9.64. The Morgan fingerprint density at radius 3 is 2.58 bits per heavy atom. The summed E-state index contributed by atoms with van der Waals surface area (Å²) >= 11 is 5.48. The molecule has 1 aromatic rings. The number of carbonyl (C=O) groups is 1. The highest BCUT2D eigenvalue weighted by Crippen LogP contribution is 2.23. The second kappa shape index (κ2) is 5.96. The smallest absolute Gasteiger partial charge is 0.469 e. The number of ether oxygens (including phenoxy) is 2. The second-order valence-electron chi connectivity index (χ2n) is 3.40. The van der Waals surface area contributed by atoms with Crippen molar-refractivity contribution in [2.45, 2.75) is 18.7 Å². The topological polar surface area (TPSA) is 68.4 Å². The van der Waals surface area contributed by atoms with Gasteiger partial charge in [-0.2, -0.15) is 0 Å². The molecule has 0 fully saturated rings. The average Bonchev–Trinajstić information content (AvgIpc) is 2.31. The summed E-state index contributed by atoms with van der Waals surface area (Å²) in [7, 11) is 1.07. The van der Waals surface area contributed by atoms with E-state index < -0.39 is 29.9 Å². The Morgan fingerprint density at radius 1 is 1.47 bits per heavy atom. The highest BCUT2D eigenvalue weighted by atomic mass is 35.5. The first-order valence-corrected chi connectivity index (χ1v) is 5.44. The molecule has 1 heterocycles. The van der Waals surface area contributed by atoms with E-state index >= 15 is 0 Å². The van der Waals surface area contributed by atoms with Gasteiger partial charge in [0.05, 0.1) is 25.1 Å². The molecule has 9 heteroatoms. The van der Waals surface area contributed by atoms with Crippen LogP contribution in [0.25, 0.3) is 0 Å². The number of aromatic nitrogens is 1. The zero-order valence-corrected chi connectivity index (χ0v) is 10.4. The quantitative estimate of drug-likeness (QED) is 0.679. The Bertz CT molecular complexity index is 526. The molecule has 0 saturated carbocycles. The predicted molar refractivity (Wildman–Crippen MR) is 59.0 cm³/mol. The fraction of sp³-hybridized carbons (Fsp3) is 0.400. The summed E-state index contributed by atoms with van der Waals surface area (Å²) in [4.78, 5) is 25.0. The summed E-state index contributed by atoms with van der Waals surface area (Å²) in [5, 5.41) is 0.